The molecule has 0 spiro atoms. The second kappa shape index (κ2) is 8.45. The van der Waals surface area contributed by atoms with Gasteiger partial charge in [0.25, 0.3) is 5.91 Å². The van der Waals surface area contributed by atoms with Gasteiger partial charge >= 0.3 is 0 Å². The average Bonchev–Trinajstić information content (AvgIpc) is 2.64. The Balaban J connectivity index is 2.17. The summed E-state index contributed by atoms with van der Waals surface area (Å²) >= 11 is 0. The molecule has 2 N–H and O–H groups in total. The van der Waals surface area contributed by atoms with Gasteiger partial charge in [-0.1, -0.05) is 48.5 Å². The molecule has 0 atom stereocenters. The molecule has 0 heterocycles. The summed E-state index contributed by atoms with van der Waals surface area (Å²) in [7, 11) is 1.52. The molecule has 122 valence electrons. The topological polar surface area (TPSA) is 75.6 Å². The number of rotatable bonds is 6. The van der Waals surface area contributed by atoms with E-state index in [1.165, 1.54) is 30.8 Å². The van der Waals surface area contributed by atoms with Crippen molar-refractivity contribution in [1.82, 2.24) is 5.48 Å². The van der Waals surface area contributed by atoms with Gasteiger partial charge in [-0.15, -0.1) is 0 Å². The van der Waals surface area contributed by atoms with Crippen LogP contribution in [-0.4, -0.2) is 24.0 Å². The van der Waals surface area contributed by atoms with E-state index in [2.05, 4.69) is 0 Å². The molecule has 5 heteroatoms. The Morgan fingerprint density at radius 3 is 2.46 bits per heavy atom. The minimum absolute atomic E-state index is 0.0850. The molecule has 0 radical (unpaired) electrons. The van der Waals surface area contributed by atoms with Gasteiger partial charge in [0.05, 0.1) is 7.11 Å². The summed E-state index contributed by atoms with van der Waals surface area (Å²) in [5, 5.41) is 8.48. The van der Waals surface area contributed by atoms with Gasteiger partial charge in [-0.2, -0.15) is 0 Å². The fourth-order valence-electron chi connectivity index (χ4n) is 2.04. The number of hydrogen-bond acceptors (Lipinski definition) is 4. The van der Waals surface area contributed by atoms with Crippen molar-refractivity contribution in [1.29, 1.82) is 0 Å². The molecule has 2 aromatic carbocycles. The highest BCUT2D eigenvalue weighted by Gasteiger charge is 2.03. The van der Waals surface area contributed by atoms with Crippen LogP contribution >= 0.6 is 0 Å². The predicted molar refractivity (Wildman–Crippen MR) is 91.8 cm³/mol. The first-order valence-electron chi connectivity index (χ1n) is 7.21. The van der Waals surface area contributed by atoms with E-state index in [-0.39, 0.29) is 5.78 Å². The number of nitrogens with one attached hydrogen (secondary N) is 1. The fourth-order valence-corrected chi connectivity index (χ4v) is 2.04. The third kappa shape index (κ3) is 4.66. The van der Waals surface area contributed by atoms with Crippen molar-refractivity contribution in [3.8, 4) is 5.75 Å². The Labute approximate surface area is 139 Å². The molecule has 0 saturated carbocycles. The summed E-state index contributed by atoms with van der Waals surface area (Å²) in [6.07, 6.45) is 5.91. The summed E-state index contributed by atoms with van der Waals surface area (Å²) in [5.41, 5.74) is 3.60. The molecular formula is C19H17NO4. The van der Waals surface area contributed by atoms with Gasteiger partial charge in [0.2, 0.25) is 0 Å². The summed E-state index contributed by atoms with van der Waals surface area (Å²) in [5.74, 6) is -0.168. The first-order valence-corrected chi connectivity index (χ1v) is 7.21. The smallest absolute Gasteiger partial charge is 0.267 e. The summed E-state index contributed by atoms with van der Waals surface area (Å²) in [6, 6.07) is 14.3. The Kier molecular flexibility index (Phi) is 6.05. The third-order valence-electron chi connectivity index (χ3n) is 3.27. The van der Waals surface area contributed by atoms with Crippen LogP contribution in [0.2, 0.25) is 0 Å². The number of hydroxylamine groups is 1. The van der Waals surface area contributed by atoms with Crippen LogP contribution < -0.4 is 10.2 Å². The van der Waals surface area contributed by atoms with Crippen LogP contribution in [-0.2, 0) is 4.79 Å². The Bertz CT molecular complexity index is 779. The number of carbonyl (C=O) groups excluding carboxylic acids is 2. The lowest BCUT2D eigenvalue weighted by molar-refractivity contribution is -0.124. The van der Waals surface area contributed by atoms with E-state index in [1.54, 1.807) is 36.4 Å². The number of ketones is 1. The molecule has 0 aromatic heterocycles. The number of allylic oxidation sites excluding steroid dienone is 1. The lowest BCUT2D eigenvalue weighted by atomic mass is 10.1. The molecular weight excluding hydrogens is 306 g/mol. The number of hydrogen-bond donors (Lipinski definition) is 2. The van der Waals surface area contributed by atoms with E-state index in [9.17, 15) is 9.59 Å². The normalized spacial score (nSPS) is 10.9. The number of carbonyl (C=O) groups is 2. The fraction of sp³-hybridized carbons (Fsp3) is 0.0526. The van der Waals surface area contributed by atoms with E-state index in [1.807, 2.05) is 18.2 Å². The van der Waals surface area contributed by atoms with E-state index in [0.29, 0.717) is 16.9 Å². The molecule has 24 heavy (non-hydrogen) atoms. The Morgan fingerprint density at radius 2 is 1.79 bits per heavy atom. The summed E-state index contributed by atoms with van der Waals surface area (Å²) < 4.78 is 5.28. The molecule has 0 bridgehead atoms. The zero-order chi connectivity index (χ0) is 17.4. The average molecular weight is 323 g/mol. The molecule has 2 rings (SSSR count). The van der Waals surface area contributed by atoms with Crippen molar-refractivity contribution < 1.29 is 19.5 Å². The number of amides is 1. The number of benzene rings is 2. The monoisotopic (exact) mass is 323 g/mol. The van der Waals surface area contributed by atoms with Crippen molar-refractivity contribution in [3.63, 3.8) is 0 Å². The number of methoxy groups -OCH3 is 1. The lowest BCUT2D eigenvalue weighted by Crippen LogP contribution is -2.14. The van der Waals surface area contributed by atoms with E-state index < -0.39 is 5.91 Å². The van der Waals surface area contributed by atoms with Crippen molar-refractivity contribution in [3.05, 3.63) is 77.4 Å². The summed E-state index contributed by atoms with van der Waals surface area (Å²) in [6.45, 7) is 0. The highest BCUT2D eigenvalue weighted by molar-refractivity contribution is 6.06. The van der Waals surface area contributed by atoms with E-state index in [0.717, 1.165) is 5.56 Å². The maximum atomic E-state index is 12.1. The molecule has 0 fully saturated rings. The SMILES string of the molecule is COc1cc(/C=C/C(=O)c2ccccc2)ccc1/C=C/C(=O)NO. The zero-order valence-electron chi connectivity index (χ0n) is 13.1. The van der Waals surface area contributed by atoms with Crippen molar-refractivity contribution >= 4 is 23.8 Å². The minimum atomic E-state index is -0.630. The lowest BCUT2D eigenvalue weighted by Gasteiger charge is -2.06. The largest absolute Gasteiger partial charge is 0.496 e. The highest BCUT2D eigenvalue weighted by Crippen LogP contribution is 2.22. The van der Waals surface area contributed by atoms with Crippen molar-refractivity contribution in [2.75, 3.05) is 7.11 Å². The maximum Gasteiger partial charge on any atom is 0.267 e. The summed E-state index contributed by atoms with van der Waals surface area (Å²) in [4.78, 5) is 23.1. The van der Waals surface area contributed by atoms with Gasteiger partial charge in [0.1, 0.15) is 5.75 Å². The van der Waals surface area contributed by atoms with Gasteiger partial charge in [-0.25, -0.2) is 5.48 Å². The molecule has 1 amide bonds. The molecule has 0 aliphatic rings. The van der Waals surface area contributed by atoms with Gasteiger partial charge in [0, 0.05) is 17.2 Å². The van der Waals surface area contributed by atoms with Crippen LogP contribution in [0.5, 0.6) is 5.75 Å². The molecule has 5 nitrogen and oxygen atoms in total. The first-order chi connectivity index (χ1) is 11.6. The molecule has 0 unspecified atom stereocenters. The van der Waals surface area contributed by atoms with Crippen molar-refractivity contribution in [2.45, 2.75) is 0 Å². The zero-order valence-corrected chi connectivity index (χ0v) is 13.1. The second-order valence-electron chi connectivity index (χ2n) is 4.87. The minimum Gasteiger partial charge on any atom is -0.496 e. The van der Waals surface area contributed by atoms with Gasteiger partial charge in [-0.3, -0.25) is 14.8 Å². The van der Waals surface area contributed by atoms with Crippen LogP contribution in [0, 0.1) is 0 Å². The van der Waals surface area contributed by atoms with Gasteiger partial charge in [-0.05, 0) is 23.8 Å². The van der Waals surface area contributed by atoms with E-state index in [4.69, 9.17) is 9.94 Å². The third-order valence-corrected chi connectivity index (χ3v) is 3.27. The van der Waals surface area contributed by atoms with Crippen LogP contribution in [0.15, 0.2) is 60.7 Å². The Hall–Kier alpha value is -3.18. The first kappa shape index (κ1) is 17.2. The van der Waals surface area contributed by atoms with Crippen LogP contribution in [0.1, 0.15) is 21.5 Å². The second-order valence-corrected chi connectivity index (χ2v) is 4.87. The molecule has 0 aliphatic carbocycles. The van der Waals surface area contributed by atoms with E-state index >= 15 is 0 Å². The molecule has 0 aliphatic heterocycles. The van der Waals surface area contributed by atoms with Gasteiger partial charge in [0.15, 0.2) is 5.78 Å². The number of ether oxygens (including phenoxy) is 1. The quantitative estimate of drug-likeness (QED) is 0.371. The maximum absolute atomic E-state index is 12.1. The van der Waals surface area contributed by atoms with Crippen LogP contribution in [0.4, 0.5) is 0 Å². The van der Waals surface area contributed by atoms with Crippen LogP contribution in [0.25, 0.3) is 12.2 Å². The van der Waals surface area contributed by atoms with Gasteiger partial charge < -0.3 is 4.74 Å². The highest BCUT2D eigenvalue weighted by atomic mass is 16.5. The van der Waals surface area contributed by atoms with Crippen molar-refractivity contribution in [2.24, 2.45) is 0 Å². The Morgan fingerprint density at radius 1 is 1.04 bits per heavy atom. The predicted octanol–water partition coefficient (Wildman–Crippen LogP) is 3.11. The standard InChI is InChI=1S/C19H17NO4/c1-24-18-13-14(7-9-16(18)10-12-19(22)20-23)8-11-17(21)15-5-3-2-4-6-15/h2-13,23H,1H3,(H,20,22)/b11-8+,12-10+. The molecule has 2 aromatic rings. The van der Waals surface area contributed by atoms with Crippen LogP contribution in [0.3, 0.4) is 0 Å². The molecule has 0 saturated heterocycles.